The van der Waals surface area contributed by atoms with Gasteiger partial charge in [0.1, 0.15) is 6.07 Å². The Kier molecular flexibility index (Phi) is 3.85. The van der Waals surface area contributed by atoms with E-state index < -0.39 is 0 Å². The zero-order chi connectivity index (χ0) is 14.7. The van der Waals surface area contributed by atoms with E-state index in [-0.39, 0.29) is 0 Å². The predicted molar refractivity (Wildman–Crippen MR) is 85.2 cm³/mol. The van der Waals surface area contributed by atoms with Crippen molar-refractivity contribution in [3.05, 3.63) is 82.3 Å². The minimum Gasteiger partial charge on any atom is -0.321 e. The number of rotatable bonds is 3. The summed E-state index contributed by atoms with van der Waals surface area (Å²) in [6, 6.07) is 16.1. The molecular weight excluding hydrogens is 326 g/mol. The largest absolute Gasteiger partial charge is 0.321 e. The lowest BCUT2D eigenvalue weighted by Crippen LogP contribution is -2.00. The fourth-order valence-corrected chi connectivity index (χ4v) is 2.72. The van der Waals surface area contributed by atoms with Crippen molar-refractivity contribution in [2.24, 2.45) is 0 Å². The number of benzene rings is 1. The van der Waals surface area contributed by atoms with E-state index in [1.807, 2.05) is 42.6 Å². The van der Waals surface area contributed by atoms with Crippen molar-refractivity contribution in [1.29, 1.82) is 5.26 Å². The average molecular weight is 338 g/mol. The highest BCUT2D eigenvalue weighted by atomic mass is 79.9. The third-order valence-electron chi connectivity index (χ3n) is 3.32. The first-order chi connectivity index (χ1) is 10.3. The molecule has 0 aliphatic rings. The Morgan fingerprint density at radius 1 is 1.14 bits per heavy atom. The van der Waals surface area contributed by atoms with E-state index in [0.29, 0.717) is 5.56 Å². The van der Waals surface area contributed by atoms with Gasteiger partial charge in [-0.3, -0.25) is 4.98 Å². The van der Waals surface area contributed by atoms with Gasteiger partial charge in [-0.05, 0) is 64.0 Å². The molecule has 0 atom stereocenters. The van der Waals surface area contributed by atoms with Gasteiger partial charge in [-0.25, -0.2) is 0 Å². The van der Waals surface area contributed by atoms with Crippen LogP contribution in [0.3, 0.4) is 0 Å². The molecule has 0 fully saturated rings. The number of halogens is 1. The average Bonchev–Trinajstić information content (AvgIpc) is 2.96. The second kappa shape index (κ2) is 5.94. The molecule has 0 spiro atoms. The van der Waals surface area contributed by atoms with Crippen molar-refractivity contribution in [1.82, 2.24) is 9.55 Å². The zero-order valence-corrected chi connectivity index (χ0v) is 12.8. The van der Waals surface area contributed by atoms with Gasteiger partial charge >= 0.3 is 0 Å². The Balaban J connectivity index is 1.96. The molecule has 1 aromatic carbocycles. The zero-order valence-electron chi connectivity index (χ0n) is 11.2. The lowest BCUT2D eigenvalue weighted by Gasteiger charge is -2.10. The van der Waals surface area contributed by atoms with Crippen molar-refractivity contribution in [2.45, 2.75) is 6.42 Å². The predicted octanol–water partition coefficient (Wildman–Crippen LogP) is 4.10. The Labute approximate surface area is 131 Å². The highest BCUT2D eigenvalue weighted by Gasteiger charge is 2.07. The lowest BCUT2D eigenvalue weighted by molar-refractivity contribution is 0.955. The Hall–Kier alpha value is -2.38. The van der Waals surface area contributed by atoms with E-state index in [2.05, 4.69) is 37.6 Å². The van der Waals surface area contributed by atoms with Gasteiger partial charge in [0.25, 0.3) is 0 Å². The third kappa shape index (κ3) is 2.88. The van der Waals surface area contributed by atoms with Crippen LogP contribution in [0.15, 0.2) is 65.5 Å². The van der Waals surface area contributed by atoms with Crippen LogP contribution in [-0.2, 0) is 6.42 Å². The van der Waals surface area contributed by atoms with Gasteiger partial charge in [0, 0.05) is 40.9 Å². The topological polar surface area (TPSA) is 41.6 Å². The van der Waals surface area contributed by atoms with E-state index in [9.17, 15) is 0 Å². The molecule has 0 unspecified atom stereocenters. The van der Waals surface area contributed by atoms with Crippen LogP contribution >= 0.6 is 15.9 Å². The van der Waals surface area contributed by atoms with Gasteiger partial charge in [0.05, 0.1) is 5.56 Å². The molecule has 0 aliphatic carbocycles. The number of hydrogen-bond donors (Lipinski definition) is 0. The van der Waals surface area contributed by atoms with Gasteiger partial charge in [0.2, 0.25) is 0 Å². The minimum atomic E-state index is 0.640. The second-order valence-corrected chi connectivity index (χ2v) is 5.53. The lowest BCUT2D eigenvalue weighted by atomic mass is 10.1. The monoisotopic (exact) mass is 337 g/mol. The molecule has 2 aromatic heterocycles. The van der Waals surface area contributed by atoms with Crippen LogP contribution < -0.4 is 0 Å². The highest BCUT2D eigenvalue weighted by Crippen LogP contribution is 2.22. The Bertz CT molecular complexity index is 800. The molecule has 0 bridgehead atoms. The highest BCUT2D eigenvalue weighted by molar-refractivity contribution is 9.10. The van der Waals surface area contributed by atoms with Gasteiger partial charge < -0.3 is 4.57 Å². The van der Waals surface area contributed by atoms with Gasteiger partial charge in [-0.15, -0.1) is 0 Å². The summed E-state index contributed by atoms with van der Waals surface area (Å²) >= 11 is 3.44. The molecule has 0 amide bonds. The maximum Gasteiger partial charge on any atom is 0.100 e. The molecule has 4 heteroatoms. The first-order valence-corrected chi connectivity index (χ1v) is 7.32. The summed E-state index contributed by atoms with van der Waals surface area (Å²) in [5.41, 5.74) is 4.09. The van der Waals surface area contributed by atoms with Crippen molar-refractivity contribution in [2.75, 3.05) is 0 Å². The van der Waals surface area contributed by atoms with Crippen LogP contribution in [0.2, 0.25) is 0 Å². The molecule has 0 saturated heterocycles. The number of nitrogens with zero attached hydrogens (tertiary/aromatic N) is 3. The van der Waals surface area contributed by atoms with Crippen LogP contribution in [-0.4, -0.2) is 9.55 Å². The van der Waals surface area contributed by atoms with Crippen LogP contribution in [0.5, 0.6) is 0 Å². The van der Waals surface area contributed by atoms with Gasteiger partial charge in [0.15, 0.2) is 0 Å². The van der Waals surface area contributed by atoms with E-state index in [4.69, 9.17) is 5.26 Å². The Morgan fingerprint density at radius 3 is 2.67 bits per heavy atom. The Morgan fingerprint density at radius 2 is 1.95 bits per heavy atom. The molecule has 2 heterocycles. The summed E-state index contributed by atoms with van der Waals surface area (Å²) < 4.78 is 2.94. The summed E-state index contributed by atoms with van der Waals surface area (Å²) in [7, 11) is 0. The molecule has 0 N–H and O–H groups in total. The fourth-order valence-electron chi connectivity index (χ4n) is 2.27. The number of aromatic nitrogens is 2. The summed E-state index contributed by atoms with van der Waals surface area (Å²) in [4.78, 5) is 4.04. The molecular formula is C17H12BrN3. The smallest absolute Gasteiger partial charge is 0.100 e. The summed E-state index contributed by atoms with van der Waals surface area (Å²) in [5.74, 6) is 0. The first-order valence-electron chi connectivity index (χ1n) is 6.53. The van der Waals surface area contributed by atoms with Crippen molar-refractivity contribution >= 4 is 15.9 Å². The third-order valence-corrected chi connectivity index (χ3v) is 3.98. The summed E-state index contributed by atoms with van der Waals surface area (Å²) in [6.07, 6.45) is 6.49. The van der Waals surface area contributed by atoms with Crippen LogP contribution in [0, 0.1) is 11.3 Å². The quantitative estimate of drug-likeness (QED) is 0.722. The maximum atomic E-state index is 9.00. The van der Waals surface area contributed by atoms with Crippen molar-refractivity contribution < 1.29 is 0 Å². The standard InChI is InChI=1S/C17H12BrN3/c18-17-11-16(4-3-14(17)12-19)21-9-1-2-15(21)10-13-5-7-20-8-6-13/h1-9,11H,10H2. The number of nitriles is 1. The van der Waals surface area contributed by atoms with Crippen molar-refractivity contribution in [3.63, 3.8) is 0 Å². The van der Waals surface area contributed by atoms with Gasteiger partial charge in [-0.1, -0.05) is 0 Å². The summed E-state index contributed by atoms with van der Waals surface area (Å²) in [5, 5.41) is 9.00. The minimum absolute atomic E-state index is 0.640. The normalized spacial score (nSPS) is 10.3. The van der Waals surface area contributed by atoms with Crippen LogP contribution in [0.1, 0.15) is 16.8 Å². The number of hydrogen-bond acceptors (Lipinski definition) is 2. The molecule has 0 saturated carbocycles. The molecule has 3 aromatic rings. The summed E-state index contributed by atoms with van der Waals surface area (Å²) in [6.45, 7) is 0. The molecule has 0 aliphatic heterocycles. The van der Waals surface area contributed by atoms with Crippen LogP contribution in [0.25, 0.3) is 5.69 Å². The first kappa shape index (κ1) is 13.6. The number of pyridine rings is 1. The van der Waals surface area contributed by atoms with Crippen LogP contribution in [0.4, 0.5) is 0 Å². The van der Waals surface area contributed by atoms with E-state index in [0.717, 1.165) is 16.6 Å². The molecule has 21 heavy (non-hydrogen) atoms. The van der Waals surface area contributed by atoms with Crippen molar-refractivity contribution in [3.8, 4) is 11.8 Å². The molecule has 102 valence electrons. The molecule has 3 rings (SSSR count). The second-order valence-electron chi connectivity index (χ2n) is 4.68. The van der Waals surface area contributed by atoms with E-state index >= 15 is 0 Å². The fraction of sp³-hybridized carbons (Fsp3) is 0.0588. The SMILES string of the molecule is N#Cc1ccc(-n2cccc2Cc2ccncc2)cc1Br. The van der Waals surface area contributed by atoms with E-state index in [1.54, 1.807) is 12.4 Å². The van der Waals surface area contributed by atoms with E-state index in [1.165, 1.54) is 11.3 Å². The van der Waals surface area contributed by atoms with Gasteiger partial charge in [-0.2, -0.15) is 5.26 Å². The molecule has 3 nitrogen and oxygen atoms in total. The molecule has 0 radical (unpaired) electrons. The maximum absolute atomic E-state index is 9.00.